The van der Waals surface area contributed by atoms with E-state index in [0.29, 0.717) is 17.1 Å². The zero-order valence-electron chi connectivity index (χ0n) is 9.84. The van der Waals surface area contributed by atoms with Gasteiger partial charge >= 0.3 is 0 Å². The van der Waals surface area contributed by atoms with Crippen LogP contribution in [0.5, 0.6) is 11.5 Å². The Bertz CT molecular complexity index is 500. The summed E-state index contributed by atoms with van der Waals surface area (Å²) in [6, 6.07) is 2.20. The molecule has 6 nitrogen and oxygen atoms in total. The number of hydrogen-bond acceptors (Lipinski definition) is 4. The number of azide groups is 1. The average molecular weight is 252 g/mol. The van der Waals surface area contributed by atoms with E-state index in [1.165, 1.54) is 12.1 Å². The zero-order chi connectivity index (χ0) is 13.1. The molecule has 2 rings (SSSR count). The summed E-state index contributed by atoms with van der Waals surface area (Å²) in [4.78, 5) is 2.66. The van der Waals surface area contributed by atoms with Crippen LogP contribution < -0.4 is 15.2 Å². The summed E-state index contributed by atoms with van der Waals surface area (Å²) < 4.78 is 24.4. The molecule has 0 amide bonds. The third-order valence-electron chi connectivity index (χ3n) is 2.60. The normalized spacial score (nSPS) is 18.9. The topological polar surface area (TPSA) is 93.2 Å². The average Bonchev–Trinajstić information content (AvgIpc) is 2.35. The molecule has 0 spiro atoms. The first-order valence-electron chi connectivity index (χ1n) is 5.51. The molecule has 96 valence electrons. The van der Waals surface area contributed by atoms with Crippen LogP contribution in [0.1, 0.15) is 18.5 Å². The number of ether oxygens (including phenoxy) is 2. The summed E-state index contributed by atoms with van der Waals surface area (Å²) in [5, 5.41) is 3.43. The Labute approximate surface area is 103 Å². The summed E-state index contributed by atoms with van der Waals surface area (Å²) in [5.74, 6) is 0.341. The SMILES string of the molecule is CC(N)c1cc(F)cc2c1O[C@H](CN=[N+]=[N-])CO2. The second-order valence-electron chi connectivity index (χ2n) is 4.08. The second-order valence-corrected chi connectivity index (χ2v) is 4.08. The second kappa shape index (κ2) is 5.12. The van der Waals surface area contributed by atoms with Gasteiger partial charge < -0.3 is 15.2 Å². The van der Waals surface area contributed by atoms with E-state index in [1.54, 1.807) is 6.92 Å². The van der Waals surface area contributed by atoms with Crippen molar-refractivity contribution < 1.29 is 13.9 Å². The third-order valence-corrected chi connectivity index (χ3v) is 2.60. The summed E-state index contributed by atoms with van der Waals surface area (Å²) in [6.07, 6.45) is -0.378. The van der Waals surface area contributed by atoms with Crippen molar-refractivity contribution in [3.8, 4) is 11.5 Å². The van der Waals surface area contributed by atoms with Crippen LogP contribution in [0, 0.1) is 5.82 Å². The van der Waals surface area contributed by atoms with Crippen molar-refractivity contribution in [2.24, 2.45) is 10.8 Å². The van der Waals surface area contributed by atoms with Gasteiger partial charge in [-0.05, 0) is 18.5 Å². The molecule has 0 saturated heterocycles. The lowest BCUT2D eigenvalue weighted by Gasteiger charge is -2.28. The fraction of sp³-hybridized carbons (Fsp3) is 0.455. The van der Waals surface area contributed by atoms with Crippen LogP contribution in [0.25, 0.3) is 10.4 Å². The highest BCUT2D eigenvalue weighted by Crippen LogP contribution is 2.38. The van der Waals surface area contributed by atoms with Gasteiger partial charge in [-0.1, -0.05) is 5.11 Å². The third kappa shape index (κ3) is 2.47. The van der Waals surface area contributed by atoms with Crippen LogP contribution in [-0.4, -0.2) is 19.3 Å². The van der Waals surface area contributed by atoms with Crippen LogP contribution in [0.3, 0.4) is 0 Å². The highest BCUT2D eigenvalue weighted by Gasteiger charge is 2.25. The minimum absolute atomic E-state index is 0.158. The molecular formula is C11H13FN4O2. The van der Waals surface area contributed by atoms with Gasteiger partial charge in [-0.25, -0.2) is 4.39 Å². The van der Waals surface area contributed by atoms with Crippen LogP contribution in [-0.2, 0) is 0 Å². The molecule has 1 unspecified atom stereocenters. The molecule has 1 heterocycles. The van der Waals surface area contributed by atoms with E-state index in [9.17, 15) is 4.39 Å². The van der Waals surface area contributed by atoms with Crippen molar-refractivity contribution in [2.75, 3.05) is 13.2 Å². The highest BCUT2D eigenvalue weighted by molar-refractivity contribution is 5.49. The molecule has 0 aliphatic carbocycles. The van der Waals surface area contributed by atoms with Crippen molar-refractivity contribution in [1.82, 2.24) is 0 Å². The number of nitrogens with zero attached hydrogens (tertiary/aromatic N) is 3. The Morgan fingerprint density at radius 2 is 2.44 bits per heavy atom. The van der Waals surface area contributed by atoms with E-state index < -0.39 is 5.82 Å². The first-order valence-corrected chi connectivity index (χ1v) is 5.51. The predicted molar refractivity (Wildman–Crippen MR) is 62.9 cm³/mol. The Balaban J connectivity index is 2.32. The molecule has 0 saturated carbocycles. The number of fused-ring (bicyclic) bond motifs is 1. The molecule has 0 fully saturated rings. The van der Waals surface area contributed by atoms with E-state index in [4.69, 9.17) is 20.7 Å². The lowest BCUT2D eigenvalue weighted by molar-refractivity contribution is 0.0946. The molecular weight excluding hydrogens is 239 g/mol. The monoisotopic (exact) mass is 252 g/mol. The van der Waals surface area contributed by atoms with Crippen molar-refractivity contribution in [1.29, 1.82) is 0 Å². The van der Waals surface area contributed by atoms with E-state index >= 15 is 0 Å². The van der Waals surface area contributed by atoms with E-state index in [2.05, 4.69) is 10.0 Å². The zero-order valence-corrected chi connectivity index (χ0v) is 9.84. The lowest BCUT2D eigenvalue weighted by atomic mass is 10.1. The number of halogens is 1. The van der Waals surface area contributed by atoms with Gasteiger partial charge in [0, 0.05) is 22.6 Å². The molecule has 1 aliphatic heterocycles. The van der Waals surface area contributed by atoms with Crippen molar-refractivity contribution in [3.63, 3.8) is 0 Å². The van der Waals surface area contributed by atoms with Crippen molar-refractivity contribution in [2.45, 2.75) is 19.1 Å². The molecule has 1 aromatic rings. The van der Waals surface area contributed by atoms with Gasteiger partial charge in [-0.3, -0.25) is 0 Å². The highest BCUT2D eigenvalue weighted by atomic mass is 19.1. The van der Waals surface area contributed by atoms with Crippen LogP contribution >= 0.6 is 0 Å². The van der Waals surface area contributed by atoms with E-state index in [1.807, 2.05) is 0 Å². The van der Waals surface area contributed by atoms with Gasteiger partial charge in [-0.15, -0.1) is 0 Å². The fourth-order valence-corrected chi connectivity index (χ4v) is 1.76. The fourth-order valence-electron chi connectivity index (χ4n) is 1.76. The lowest BCUT2D eigenvalue weighted by Crippen LogP contribution is -2.32. The quantitative estimate of drug-likeness (QED) is 0.508. The maximum Gasteiger partial charge on any atom is 0.166 e. The molecule has 0 aromatic heterocycles. The summed E-state index contributed by atoms with van der Waals surface area (Å²) in [5.41, 5.74) is 14.6. The van der Waals surface area contributed by atoms with E-state index in [0.717, 1.165) is 0 Å². The predicted octanol–water partition coefficient (Wildman–Crippen LogP) is 2.30. The molecule has 1 aromatic carbocycles. The number of nitrogens with two attached hydrogens (primary N) is 1. The van der Waals surface area contributed by atoms with Crippen LogP contribution in [0.15, 0.2) is 17.2 Å². The van der Waals surface area contributed by atoms with Crippen LogP contribution in [0.2, 0.25) is 0 Å². The first kappa shape index (κ1) is 12.5. The van der Waals surface area contributed by atoms with Crippen LogP contribution in [0.4, 0.5) is 4.39 Å². The largest absolute Gasteiger partial charge is 0.486 e. The van der Waals surface area contributed by atoms with Gasteiger partial charge in [0.15, 0.2) is 11.5 Å². The molecule has 0 radical (unpaired) electrons. The summed E-state index contributed by atoms with van der Waals surface area (Å²) in [7, 11) is 0. The van der Waals surface area contributed by atoms with Gasteiger partial charge in [-0.2, -0.15) is 0 Å². The molecule has 2 N–H and O–H groups in total. The number of benzene rings is 1. The molecule has 18 heavy (non-hydrogen) atoms. The number of hydrogen-bond donors (Lipinski definition) is 1. The molecule has 2 atom stereocenters. The Morgan fingerprint density at radius 3 is 3.11 bits per heavy atom. The molecule has 7 heteroatoms. The van der Waals surface area contributed by atoms with Crippen molar-refractivity contribution in [3.05, 3.63) is 34.0 Å². The van der Waals surface area contributed by atoms with Gasteiger partial charge in [0.25, 0.3) is 0 Å². The summed E-state index contributed by atoms with van der Waals surface area (Å²) >= 11 is 0. The minimum atomic E-state index is -0.418. The first-order chi connectivity index (χ1) is 8.61. The smallest absolute Gasteiger partial charge is 0.166 e. The number of rotatable bonds is 3. The summed E-state index contributed by atoms with van der Waals surface area (Å²) in [6.45, 7) is 2.11. The molecule has 0 bridgehead atoms. The maximum absolute atomic E-state index is 13.4. The Kier molecular flexibility index (Phi) is 3.55. The van der Waals surface area contributed by atoms with Gasteiger partial charge in [0.2, 0.25) is 0 Å². The van der Waals surface area contributed by atoms with Gasteiger partial charge in [0.05, 0.1) is 6.54 Å². The Morgan fingerprint density at radius 1 is 1.67 bits per heavy atom. The van der Waals surface area contributed by atoms with E-state index in [-0.39, 0.29) is 25.3 Å². The minimum Gasteiger partial charge on any atom is -0.486 e. The Hall–Kier alpha value is -1.98. The standard InChI is InChI=1S/C11H13FN4O2/c1-6(13)9-2-7(12)3-10-11(9)18-8(5-17-10)4-15-16-14/h2-3,6,8H,4-5,13H2,1H3/t6?,8-/m1/s1. The van der Waals surface area contributed by atoms with Crippen molar-refractivity contribution >= 4 is 0 Å². The molecule has 1 aliphatic rings. The maximum atomic E-state index is 13.4. The van der Waals surface area contributed by atoms with Gasteiger partial charge in [0.1, 0.15) is 18.5 Å².